The summed E-state index contributed by atoms with van der Waals surface area (Å²) in [5.41, 5.74) is 1.04. The van der Waals surface area contributed by atoms with E-state index >= 15 is 0 Å². The Hall–Kier alpha value is -2.30. The Labute approximate surface area is 169 Å². The fourth-order valence-electron chi connectivity index (χ4n) is 2.72. The number of unbranched alkanes of at least 4 members (excludes halogenated alkanes) is 4. The normalized spacial score (nSPS) is 10.8. The molecule has 156 valence electrons. The molecular formula is C23H34O5. The number of ether oxygens (including phenoxy) is 3. The van der Waals surface area contributed by atoms with Crippen LogP contribution in [0, 0.1) is 0 Å². The van der Waals surface area contributed by atoms with Crippen molar-refractivity contribution in [3.63, 3.8) is 0 Å². The number of hydrogen-bond acceptors (Lipinski definition) is 5. The third-order valence-corrected chi connectivity index (χ3v) is 4.43. The van der Waals surface area contributed by atoms with Crippen LogP contribution in [-0.4, -0.2) is 32.6 Å². The number of allylic oxidation sites excluding steroid dienone is 2. The lowest BCUT2D eigenvalue weighted by atomic mass is 10.1. The molecular weight excluding hydrogens is 356 g/mol. The van der Waals surface area contributed by atoms with Crippen LogP contribution in [0.15, 0.2) is 30.4 Å². The van der Waals surface area contributed by atoms with Crippen molar-refractivity contribution in [2.45, 2.75) is 64.7 Å². The van der Waals surface area contributed by atoms with Gasteiger partial charge in [-0.25, -0.2) is 0 Å². The molecule has 5 nitrogen and oxygen atoms in total. The molecule has 28 heavy (non-hydrogen) atoms. The molecule has 0 saturated carbocycles. The monoisotopic (exact) mass is 390 g/mol. The first-order valence-corrected chi connectivity index (χ1v) is 10.2. The standard InChI is InChI=1S/C23H34O5/c1-4-5-6-7-8-11-20(24)15-13-19-14-16-21(22(18-19)26-2)28-17-10-9-12-23(25)27-3/h8,11,14,16,18H,4-7,9-10,12-13,15,17H2,1-3H3/b11-8+. The van der Waals surface area contributed by atoms with E-state index in [0.29, 0.717) is 37.4 Å². The lowest BCUT2D eigenvalue weighted by Crippen LogP contribution is -2.03. The number of rotatable bonds is 15. The molecule has 0 N–H and O–H groups in total. The van der Waals surface area contributed by atoms with Gasteiger partial charge in [0.1, 0.15) is 0 Å². The van der Waals surface area contributed by atoms with Crippen LogP contribution in [0.1, 0.15) is 63.9 Å². The molecule has 0 atom stereocenters. The summed E-state index contributed by atoms with van der Waals surface area (Å²) in [6, 6.07) is 5.76. The highest BCUT2D eigenvalue weighted by Gasteiger charge is 2.07. The molecule has 1 rings (SSSR count). The van der Waals surface area contributed by atoms with E-state index < -0.39 is 0 Å². The summed E-state index contributed by atoms with van der Waals surface area (Å²) in [5.74, 6) is 1.29. The van der Waals surface area contributed by atoms with Gasteiger partial charge in [0.25, 0.3) is 0 Å². The smallest absolute Gasteiger partial charge is 0.305 e. The van der Waals surface area contributed by atoms with Crippen LogP contribution in [0.5, 0.6) is 11.5 Å². The molecule has 0 saturated heterocycles. The number of esters is 1. The van der Waals surface area contributed by atoms with Crippen molar-refractivity contribution in [2.75, 3.05) is 20.8 Å². The molecule has 0 radical (unpaired) electrons. The van der Waals surface area contributed by atoms with E-state index in [1.54, 1.807) is 13.2 Å². The van der Waals surface area contributed by atoms with Gasteiger partial charge in [0.05, 0.1) is 20.8 Å². The Morgan fingerprint density at radius 1 is 1.00 bits per heavy atom. The Kier molecular flexibility index (Phi) is 12.5. The van der Waals surface area contributed by atoms with E-state index in [1.165, 1.54) is 20.0 Å². The van der Waals surface area contributed by atoms with Gasteiger partial charge in [-0.1, -0.05) is 31.9 Å². The van der Waals surface area contributed by atoms with E-state index in [1.807, 2.05) is 24.3 Å². The number of hydrogen-bond donors (Lipinski definition) is 0. The van der Waals surface area contributed by atoms with Crippen molar-refractivity contribution in [3.8, 4) is 11.5 Å². The third kappa shape index (κ3) is 10.1. The number of aryl methyl sites for hydroxylation is 1. The lowest BCUT2D eigenvalue weighted by molar-refractivity contribution is -0.140. The van der Waals surface area contributed by atoms with E-state index in [9.17, 15) is 9.59 Å². The van der Waals surface area contributed by atoms with Crippen LogP contribution in [0.4, 0.5) is 0 Å². The molecule has 0 spiro atoms. The Balaban J connectivity index is 2.40. The molecule has 0 aliphatic rings. The van der Waals surface area contributed by atoms with Crippen molar-refractivity contribution in [1.82, 2.24) is 0 Å². The average molecular weight is 391 g/mol. The van der Waals surface area contributed by atoms with Crippen LogP contribution in [0.2, 0.25) is 0 Å². The lowest BCUT2D eigenvalue weighted by Gasteiger charge is -2.12. The minimum Gasteiger partial charge on any atom is -0.493 e. The van der Waals surface area contributed by atoms with Crippen molar-refractivity contribution in [3.05, 3.63) is 35.9 Å². The second kappa shape index (κ2) is 14.7. The second-order valence-electron chi connectivity index (χ2n) is 6.73. The van der Waals surface area contributed by atoms with Crippen molar-refractivity contribution < 1.29 is 23.8 Å². The van der Waals surface area contributed by atoms with Crippen LogP contribution < -0.4 is 9.47 Å². The van der Waals surface area contributed by atoms with Crippen molar-refractivity contribution >= 4 is 11.8 Å². The summed E-state index contributed by atoms with van der Waals surface area (Å²) in [4.78, 5) is 23.0. The summed E-state index contributed by atoms with van der Waals surface area (Å²) in [6.07, 6.45) is 11.2. The highest BCUT2D eigenvalue weighted by molar-refractivity contribution is 5.89. The second-order valence-corrected chi connectivity index (χ2v) is 6.73. The largest absolute Gasteiger partial charge is 0.493 e. The van der Waals surface area contributed by atoms with Crippen LogP contribution in [0.25, 0.3) is 0 Å². The highest BCUT2D eigenvalue weighted by atomic mass is 16.5. The maximum atomic E-state index is 12.0. The Morgan fingerprint density at radius 3 is 2.54 bits per heavy atom. The molecule has 0 aliphatic heterocycles. The molecule has 1 aromatic rings. The van der Waals surface area contributed by atoms with Gasteiger partial charge in [-0.15, -0.1) is 0 Å². The third-order valence-electron chi connectivity index (χ3n) is 4.43. The fourth-order valence-corrected chi connectivity index (χ4v) is 2.72. The predicted octanol–water partition coefficient (Wildman–Crippen LogP) is 5.06. The van der Waals surface area contributed by atoms with Crippen LogP contribution >= 0.6 is 0 Å². The van der Waals surface area contributed by atoms with Gasteiger partial charge in [0, 0.05) is 12.8 Å². The van der Waals surface area contributed by atoms with Crippen LogP contribution in [-0.2, 0) is 20.7 Å². The summed E-state index contributed by atoms with van der Waals surface area (Å²) in [6.45, 7) is 2.68. The minimum atomic E-state index is -0.202. The SMILES string of the molecule is CCCCC/C=C/C(=O)CCc1ccc(OCCCCC(=O)OC)c(OC)c1. The van der Waals surface area contributed by atoms with Crippen molar-refractivity contribution in [1.29, 1.82) is 0 Å². The topological polar surface area (TPSA) is 61.8 Å². The highest BCUT2D eigenvalue weighted by Crippen LogP contribution is 2.28. The molecule has 0 aliphatic carbocycles. The number of benzene rings is 1. The molecule has 5 heteroatoms. The first-order valence-electron chi connectivity index (χ1n) is 10.2. The first kappa shape index (κ1) is 23.7. The van der Waals surface area contributed by atoms with Gasteiger partial charge >= 0.3 is 5.97 Å². The Morgan fingerprint density at radius 2 is 1.82 bits per heavy atom. The quantitative estimate of drug-likeness (QED) is 0.238. The van der Waals surface area contributed by atoms with Crippen molar-refractivity contribution in [2.24, 2.45) is 0 Å². The van der Waals surface area contributed by atoms with Gasteiger partial charge < -0.3 is 14.2 Å². The van der Waals surface area contributed by atoms with E-state index in [0.717, 1.165) is 31.2 Å². The van der Waals surface area contributed by atoms with E-state index in [-0.39, 0.29) is 11.8 Å². The zero-order valence-corrected chi connectivity index (χ0v) is 17.5. The number of ketones is 1. The maximum absolute atomic E-state index is 12.0. The molecule has 0 aromatic heterocycles. The molecule has 0 heterocycles. The van der Waals surface area contributed by atoms with Crippen LogP contribution in [0.3, 0.4) is 0 Å². The molecule has 0 amide bonds. The fraction of sp³-hybridized carbons (Fsp3) is 0.565. The van der Waals surface area contributed by atoms with Gasteiger partial charge in [-0.2, -0.15) is 0 Å². The van der Waals surface area contributed by atoms with Gasteiger partial charge in [-0.05, 0) is 55.9 Å². The summed E-state index contributed by atoms with van der Waals surface area (Å²) in [5, 5.41) is 0. The molecule has 1 aromatic carbocycles. The summed E-state index contributed by atoms with van der Waals surface area (Å²) in [7, 11) is 3.00. The average Bonchev–Trinajstić information content (AvgIpc) is 2.72. The van der Waals surface area contributed by atoms with E-state index in [4.69, 9.17) is 9.47 Å². The molecule has 0 fully saturated rings. The maximum Gasteiger partial charge on any atom is 0.305 e. The first-order chi connectivity index (χ1) is 13.6. The molecule has 0 bridgehead atoms. The number of carbonyl (C=O) groups excluding carboxylic acids is 2. The number of methoxy groups -OCH3 is 2. The summed E-state index contributed by atoms with van der Waals surface area (Å²) < 4.78 is 15.8. The van der Waals surface area contributed by atoms with Gasteiger partial charge in [0.2, 0.25) is 0 Å². The Bertz CT molecular complexity index is 621. The zero-order chi connectivity index (χ0) is 20.6. The van der Waals surface area contributed by atoms with Gasteiger partial charge in [-0.3, -0.25) is 9.59 Å². The zero-order valence-electron chi connectivity index (χ0n) is 17.5. The predicted molar refractivity (Wildman–Crippen MR) is 111 cm³/mol. The van der Waals surface area contributed by atoms with E-state index in [2.05, 4.69) is 11.7 Å². The number of carbonyl (C=O) groups is 2. The minimum absolute atomic E-state index is 0.154. The summed E-state index contributed by atoms with van der Waals surface area (Å²) >= 11 is 0. The van der Waals surface area contributed by atoms with Gasteiger partial charge in [0.15, 0.2) is 17.3 Å². The molecule has 0 unspecified atom stereocenters.